The summed E-state index contributed by atoms with van der Waals surface area (Å²) in [5.41, 5.74) is 0.802. The number of carbonyl (C=O) groups is 1. The summed E-state index contributed by atoms with van der Waals surface area (Å²) in [4.78, 5) is 24.2. The maximum absolute atomic E-state index is 12.6. The number of aromatic nitrogens is 1. The molecule has 0 amide bonds. The number of fused-ring (bicyclic) bond motifs is 1. The van der Waals surface area contributed by atoms with E-state index in [1.165, 1.54) is 4.57 Å². The molecule has 1 unspecified atom stereocenters. The lowest BCUT2D eigenvalue weighted by Crippen LogP contribution is -2.29. The zero-order chi connectivity index (χ0) is 16.2. The van der Waals surface area contributed by atoms with Gasteiger partial charge in [0.25, 0.3) is 5.56 Å². The minimum absolute atomic E-state index is 0.261. The van der Waals surface area contributed by atoms with E-state index in [4.69, 9.17) is 0 Å². The maximum atomic E-state index is 12.6. The van der Waals surface area contributed by atoms with E-state index in [2.05, 4.69) is 0 Å². The number of carboxylic acids is 1. The number of nitrogens with zero attached hydrogens (tertiary/aromatic N) is 1. The molecule has 0 fully saturated rings. The summed E-state index contributed by atoms with van der Waals surface area (Å²) in [6.45, 7) is 0. The quantitative estimate of drug-likeness (QED) is 0.787. The number of hydrogen-bond donors (Lipinski definition) is 1. The van der Waals surface area contributed by atoms with Gasteiger partial charge in [0.2, 0.25) is 0 Å². The Kier molecular flexibility index (Phi) is 4.24. The predicted octanol–water partition coefficient (Wildman–Crippen LogP) is 3.26. The highest BCUT2D eigenvalue weighted by molar-refractivity contribution is 5.81. The Balaban J connectivity index is 1.94. The van der Waals surface area contributed by atoms with Crippen molar-refractivity contribution in [2.75, 3.05) is 0 Å². The largest absolute Gasteiger partial charge is 0.480 e. The number of hydrogen-bond acceptors (Lipinski definition) is 2. The number of carboxylic acid groups (broad SMARTS) is 1. The minimum Gasteiger partial charge on any atom is -0.480 e. The summed E-state index contributed by atoms with van der Waals surface area (Å²) in [7, 11) is 0. The highest BCUT2D eigenvalue weighted by Crippen LogP contribution is 2.17. The van der Waals surface area contributed by atoms with Crippen molar-refractivity contribution in [1.29, 1.82) is 0 Å². The van der Waals surface area contributed by atoms with Gasteiger partial charge in [-0.05, 0) is 35.9 Å². The molecule has 4 heteroatoms. The molecule has 4 nitrogen and oxygen atoms in total. The van der Waals surface area contributed by atoms with E-state index >= 15 is 0 Å². The Morgan fingerprint density at radius 1 is 1.00 bits per heavy atom. The van der Waals surface area contributed by atoms with Crippen molar-refractivity contribution < 1.29 is 9.90 Å². The smallest absolute Gasteiger partial charge is 0.326 e. The molecule has 0 radical (unpaired) electrons. The molecule has 0 aliphatic heterocycles. The Labute approximate surface area is 133 Å². The van der Waals surface area contributed by atoms with Crippen LogP contribution < -0.4 is 5.56 Å². The second-order valence-corrected chi connectivity index (χ2v) is 5.49. The van der Waals surface area contributed by atoms with Crippen LogP contribution in [0.15, 0.2) is 71.7 Å². The first-order chi connectivity index (χ1) is 11.2. The summed E-state index contributed by atoms with van der Waals surface area (Å²) >= 11 is 0. The molecule has 2 aromatic carbocycles. The topological polar surface area (TPSA) is 59.3 Å². The lowest BCUT2D eigenvalue weighted by molar-refractivity contribution is -0.141. The zero-order valence-corrected chi connectivity index (χ0v) is 12.6. The highest BCUT2D eigenvalue weighted by atomic mass is 16.4. The molecule has 23 heavy (non-hydrogen) atoms. The van der Waals surface area contributed by atoms with Gasteiger partial charge in [-0.1, -0.05) is 48.5 Å². The van der Waals surface area contributed by atoms with Crippen molar-refractivity contribution in [3.63, 3.8) is 0 Å². The van der Waals surface area contributed by atoms with Crippen molar-refractivity contribution in [3.8, 4) is 0 Å². The van der Waals surface area contributed by atoms with Gasteiger partial charge in [-0.25, -0.2) is 4.79 Å². The number of rotatable bonds is 5. The first-order valence-corrected chi connectivity index (χ1v) is 7.53. The van der Waals surface area contributed by atoms with E-state index in [0.717, 1.165) is 10.9 Å². The van der Waals surface area contributed by atoms with Gasteiger partial charge in [-0.3, -0.25) is 4.79 Å². The molecule has 3 rings (SSSR count). The summed E-state index contributed by atoms with van der Waals surface area (Å²) < 4.78 is 1.33. The van der Waals surface area contributed by atoms with Crippen LogP contribution in [0.3, 0.4) is 0 Å². The second-order valence-electron chi connectivity index (χ2n) is 5.49. The van der Waals surface area contributed by atoms with Crippen LogP contribution in [-0.4, -0.2) is 15.6 Å². The first-order valence-electron chi connectivity index (χ1n) is 7.53. The lowest BCUT2D eigenvalue weighted by atomic mass is 10.0. The van der Waals surface area contributed by atoms with Gasteiger partial charge in [-0.2, -0.15) is 0 Å². The van der Waals surface area contributed by atoms with E-state index in [1.807, 2.05) is 42.5 Å². The van der Waals surface area contributed by atoms with E-state index in [1.54, 1.807) is 24.4 Å². The summed E-state index contributed by atoms with van der Waals surface area (Å²) in [5, 5.41) is 10.9. The van der Waals surface area contributed by atoms with Crippen LogP contribution in [0.1, 0.15) is 18.0 Å². The fourth-order valence-electron chi connectivity index (χ4n) is 2.78. The Hall–Kier alpha value is -2.88. The molecule has 0 aliphatic carbocycles. The molecule has 116 valence electrons. The van der Waals surface area contributed by atoms with Crippen LogP contribution in [-0.2, 0) is 11.2 Å². The predicted molar refractivity (Wildman–Crippen MR) is 89.6 cm³/mol. The van der Waals surface area contributed by atoms with Crippen molar-refractivity contribution in [2.24, 2.45) is 0 Å². The third kappa shape index (κ3) is 3.16. The van der Waals surface area contributed by atoms with Crippen LogP contribution in [0.2, 0.25) is 0 Å². The van der Waals surface area contributed by atoms with Gasteiger partial charge in [0.1, 0.15) is 6.04 Å². The lowest BCUT2D eigenvalue weighted by Gasteiger charge is -2.16. The molecule has 0 aliphatic rings. The molecular formula is C19H17NO3. The fraction of sp³-hybridized carbons (Fsp3) is 0.158. The van der Waals surface area contributed by atoms with Crippen LogP contribution in [0.4, 0.5) is 0 Å². The van der Waals surface area contributed by atoms with Crippen molar-refractivity contribution in [3.05, 3.63) is 82.8 Å². The Bertz CT molecular complexity index is 884. The molecule has 1 aromatic heterocycles. The van der Waals surface area contributed by atoms with Crippen molar-refractivity contribution in [2.45, 2.75) is 18.9 Å². The van der Waals surface area contributed by atoms with Crippen molar-refractivity contribution in [1.82, 2.24) is 4.57 Å². The Morgan fingerprint density at radius 2 is 1.70 bits per heavy atom. The molecule has 1 heterocycles. The molecule has 0 bridgehead atoms. The average molecular weight is 307 g/mol. The standard InChI is InChI=1S/C19H17NO3/c21-18-16-9-5-4-8-15(16)12-13-20(18)17(19(22)23)11-10-14-6-2-1-3-7-14/h1-9,12-13,17H,10-11H2,(H,22,23). The molecule has 0 saturated carbocycles. The first kappa shape index (κ1) is 15.0. The minimum atomic E-state index is -0.988. The summed E-state index contributed by atoms with van der Waals surface area (Å²) in [5.74, 6) is -0.988. The molecule has 3 aromatic rings. The monoisotopic (exact) mass is 307 g/mol. The van der Waals surface area contributed by atoms with Gasteiger partial charge < -0.3 is 9.67 Å². The van der Waals surface area contributed by atoms with Gasteiger partial charge in [0, 0.05) is 11.6 Å². The number of aryl methyl sites for hydroxylation is 1. The van der Waals surface area contributed by atoms with E-state index in [0.29, 0.717) is 18.2 Å². The summed E-state index contributed by atoms with van der Waals surface area (Å²) in [6.07, 6.45) is 2.56. The van der Waals surface area contributed by atoms with E-state index in [-0.39, 0.29) is 5.56 Å². The molecule has 0 spiro atoms. The number of aliphatic carboxylic acids is 1. The second kappa shape index (κ2) is 6.48. The van der Waals surface area contributed by atoms with Crippen LogP contribution in [0, 0.1) is 0 Å². The normalized spacial score (nSPS) is 12.2. The molecule has 0 saturated heterocycles. The number of benzene rings is 2. The average Bonchev–Trinajstić information content (AvgIpc) is 2.58. The number of pyridine rings is 1. The third-order valence-corrected chi connectivity index (χ3v) is 4.01. The zero-order valence-electron chi connectivity index (χ0n) is 12.6. The molecule has 1 atom stereocenters. The molecule has 1 N–H and O–H groups in total. The van der Waals surface area contributed by atoms with Crippen molar-refractivity contribution >= 4 is 16.7 Å². The maximum Gasteiger partial charge on any atom is 0.326 e. The highest BCUT2D eigenvalue weighted by Gasteiger charge is 2.21. The third-order valence-electron chi connectivity index (χ3n) is 4.01. The van der Waals surface area contributed by atoms with Crippen LogP contribution in [0.25, 0.3) is 10.8 Å². The fourth-order valence-corrected chi connectivity index (χ4v) is 2.78. The van der Waals surface area contributed by atoms with Gasteiger partial charge in [0.15, 0.2) is 0 Å². The van der Waals surface area contributed by atoms with E-state index in [9.17, 15) is 14.7 Å². The SMILES string of the molecule is O=C(O)C(CCc1ccccc1)n1ccc2ccccc2c1=O. The molecular weight excluding hydrogens is 290 g/mol. The summed E-state index contributed by atoms with van der Waals surface area (Å²) in [6, 6.07) is 17.8. The van der Waals surface area contributed by atoms with E-state index < -0.39 is 12.0 Å². The Morgan fingerprint density at radius 3 is 2.43 bits per heavy atom. The van der Waals surface area contributed by atoms with Crippen LogP contribution >= 0.6 is 0 Å². The van der Waals surface area contributed by atoms with Gasteiger partial charge in [0.05, 0.1) is 0 Å². The van der Waals surface area contributed by atoms with Gasteiger partial charge in [-0.15, -0.1) is 0 Å². The van der Waals surface area contributed by atoms with Gasteiger partial charge >= 0.3 is 5.97 Å². The van der Waals surface area contributed by atoms with Crippen LogP contribution in [0.5, 0.6) is 0 Å².